The topological polar surface area (TPSA) is 95.5 Å². The Morgan fingerprint density at radius 1 is 1.38 bits per heavy atom. The highest BCUT2D eigenvalue weighted by Gasteiger charge is 2.10. The van der Waals surface area contributed by atoms with Crippen molar-refractivity contribution in [2.24, 2.45) is 0 Å². The molecule has 0 spiro atoms. The molecule has 2 unspecified atom stereocenters. The molecule has 0 saturated carbocycles. The Bertz CT molecular complexity index is 560. The van der Waals surface area contributed by atoms with Crippen molar-refractivity contribution in [2.75, 3.05) is 17.3 Å². The van der Waals surface area contributed by atoms with Crippen LogP contribution in [-0.2, 0) is 10.8 Å². The van der Waals surface area contributed by atoms with Crippen LogP contribution in [0.3, 0.4) is 0 Å². The fourth-order valence-corrected chi connectivity index (χ4v) is 2.47. The molecule has 0 radical (unpaired) electrons. The number of carboxylic acids is 1. The first kappa shape index (κ1) is 17.2. The van der Waals surface area contributed by atoms with Crippen molar-refractivity contribution in [3.63, 3.8) is 0 Å². The summed E-state index contributed by atoms with van der Waals surface area (Å²) < 4.78 is 11.0. The number of carbonyl (C=O) groups excluding carboxylic acids is 1. The highest BCUT2D eigenvalue weighted by Crippen LogP contribution is 2.15. The Hall–Kier alpha value is -1.89. The fourth-order valence-electron chi connectivity index (χ4n) is 1.79. The summed E-state index contributed by atoms with van der Waals surface area (Å²) in [5.74, 6) is -0.460. The van der Waals surface area contributed by atoms with Gasteiger partial charge in [-0.3, -0.25) is 4.21 Å². The highest BCUT2D eigenvalue weighted by atomic mass is 32.2. The maximum Gasteiger partial charge on any atom is 0.335 e. The van der Waals surface area contributed by atoms with Gasteiger partial charge < -0.3 is 15.7 Å². The Morgan fingerprint density at radius 3 is 2.57 bits per heavy atom. The number of anilines is 1. The fraction of sp³-hybridized carbons (Fsp3) is 0.429. The third kappa shape index (κ3) is 5.95. The minimum Gasteiger partial charge on any atom is -0.478 e. The molecule has 2 amide bonds. The van der Waals surface area contributed by atoms with E-state index in [-0.39, 0.29) is 17.6 Å². The molecule has 3 N–H and O–H groups in total. The van der Waals surface area contributed by atoms with Gasteiger partial charge in [0.15, 0.2) is 0 Å². The van der Waals surface area contributed by atoms with Crippen LogP contribution in [0.2, 0.25) is 0 Å². The summed E-state index contributed by atoms with van der Waals surface area (Å²) in [6.45, 7) is 3.51. The van der Waals surface area contributed by atoms with Crippen LogP contribution < -0.4 is 10.6 Å². The number of aromatic carboxylic acids is 1. The van der Waals surface area contributed by atoms with Gasteiger partial charge in [-0.05, 0) is 44.0 Å². The van der Waals surface area contributed by atoms with Crippen molar-refractivity contribution < 1.29 is 18.9 Å². The van der Waals surface area contributed by atoms with E-state index < -0.39 is 16.8 Å². The van der Waals surface area contributed by atoms with Gasteiger partial charge in [0.1, 0.15) is 0 Å². The Kier molecular flexibility index (Phi) is 6.36. The third-order valence-electron chi connectivity index (χ3n) is 2.93. The molecule has 0 aromatic heterocycles. The van der Waals surface area contributed by atoms with E-state index in [1.54, 1.807) is 25.3 Å². The van der Waals surface area contributed by atoms with Gasteiger partial charge in [-0.15, -0.1) is 0 Å². The minimum atomic E-state index is -0.996. The van der Waals surface area contributed by atoms with Crippen molar-refractivity contribution in [2.45, 2.75) is 26.3 Å². The van der Waals surface area contributed by atoms with Gasteiger partial charge in [0.25, 0.3) is 0 Å². The van der Waals surface area contributed by atoms with E-state index >= 15 is 0 Å². The second-order valence-electron chi connectivity index (χ2n) is 4.90. The van der Waals surface area contributed by atoms with Crippen molar-refractivity contribution >= 4 is 28.5 Å². The van der Waals surface area contributed by atoms with Crippen molar-refractivity contribution in [1.82, 2.24) is 5.32 Å². The number of hydrogen-bond acceptors (Lipinski definition) is 3. The lowest BCUT2D eigenvalue weighted by Gasteiger charge is -2.14. The highest BCUT2D eigenvalue weighted by molar-refractivity contribution is 7.84. The molecule has 7 heteroatoms. The first-order chi connectivity index (χ1) is 9.79. The zero-order chi connectivity index (χ0) is 16.0. The zero-order valence-electron chi connectivity index (χ0n) is 12.3. The summed E-state index contributed by atoms with van der Waals surface area (Å²) in [4.78, 5) is 22.7. The molecule has 0 aliphatic carbocycles. The van der Waals surface area contributed by atoms with E-state index in [0.717, 1.165) is 0 Å². The number of urea groups is 1. The number of benzene rings is 1. The average Bonchev–Trinajstić information content (AvgIpc) is 2.35. The van der Waals surface area contributed by atoms with Crippen LogP contribution in [0.1, 0.15) is 29.3 Å². The molecule has 1 aromatic carbocycles. The Balaban J connectivity index is 2.57. The molecule has 1 rings (SSSR count). The number of amides is 2. The molecule has 0 heterocycles. The molecule has 0 saturated heterocycles. The summed E-state index contributed by atoms with van der Waals surface area (Å²) in [6, 6.07) is 4.15. The number of rotatable bonds is 6. The molecule has 0 aliphatic heterocycles. The van der Waals surface area contributed by atoms with Gasteiger partial charge in [0.05, 0.1) is 5.56 Å². The van der Waals surface area contributed by atoms with Crippen LogP contribution in [0.5, 0.6) is 0 Å². The van der Waals surface area contributed by atoms with E-state index in [1.807, 2.05) is 6.92 Å². The molecule has 6 nitrogen and oxygen atoms in total. The molecule has 0 bridgehead atoms. The van der Waals surface area contributed by atoms with Crippen LogP contribution in [0.4, 0.5) is 10.5 Å². The van der Waals surface area contributed by atoms with Crippen LogP contribution in [0.15, 0.2) is 18.2 Å². The SMILES string of the molecule is Cc1cc(NC(=O)NC(C)CCS(C)=O)ccc1C(=O)O. The predicted molar refractivity (Wildman–Crippen MR) is 83.3 cm³/mol. The van der Waals surface area contributed by atoms with E-state index in [9.17, 15) is 13.8 Å². The summed E-state index contributed by atoms with van der Waals surface area (Å²) in [6.07, 6.45) is 2.26. The lowest BCUT2D eigenvalue weighted by molar-refractivity contribution is 0.0696. The van der Waals surface area contributed by atoms with Crippen LogP contribution in [0.25, 0.3) is 0 Å². The summed E-state index contributed by atoms with van der Waals surface area (Å²) in [7, 11) is -0.876. The van der Waals surface area contributed by atoms with E-state index in [4.69, 9.17) is 5.11 Å². The van der Waals surface area contributed by atoms with Gasteiger partial charge in [0, 0.05) is 34.5 Å². The number of aryl methyl sites for hydroxylation is 1. The molecular weight excluding hydrogens is 292 g/mol. The zero-order valence-corrected chi connectivity index (χ0v) is 13.1. The largest absolute Gasteiger partial charge is 0.478 e. The molecule has 0 aliphatic rings. The van der Waals surface area contributed by atoms with Gasteiger partial charge in [-0.2, -0.15) is 0 Å². The first-order valence-corrected chi connectivity index (χ1v) is 8.23. The molecule has 0 fully saturated rings. The maximum atomic E-state index is 11.8. The average molecular weight is 312 g/mol. The molecule has 2 atom stereocenters. The van der Waals surface area contributed by atoms with E-state index in [1.165, 1.54) is 6.07 Å². The first-order valence-electron chi connectivity index (χ1n) is 6.51. The second-order valence-corrected chi connectivity index (χ2v) is 6.45. The summed E-state index contributed by atoms with van der Waals surface area (Å²) >= 11 is 0. The van der Waals surface area contributed by atoms with Gasteiger partial charge >= 0.3 is 12.0 Å². The monoisotopic (exact) mass is 312 g/mol. The van der Waals surface area contributed by atoms with Crippen LogP contribution in [0, 0.1) is 6.92 Å². The van der Waals surface area contributed by atoms with Crippen molar-refractivity contribution in [1.29, 1.82) is 0 Å². The molecular formula is C14H20N2O4S. The second kappa shape index (κ2) is 7.78. The lowest BCUT2D eigenvalue weighted by atomic mass is 10.1. The van der Waals surface area contributed by atoms with Gasteiger partial charge in [-0.25, -0.2) is 9.59 Å². The Labute approximate surface area is 126 Å². The van der Waals surface area contributed by atoms with Crippen molar-refractivity contribution in [3.8, 4) is 0 Å². The third-order valence-corrected chi connectivity index (χ3v) is 3.74. The van der Waals surface area contributed by atoms with Crippen LogP contribution >= 0.6 is 0 Å². The number of carbonyl (C=O) groups is 2. The van der Waals surface area contributed by atoms with Crippen LogP contribution in [-0.4, -0.2) is 39.4 Å². The van der Waals surface area contributed by atoms with Gasteiger partial charge in [-0.1, -0.05) is 0 Å². The maximum absolute atomic E-state index is 11.8. The van der Waals surface area contributed by atoms with Crippen molar-refractivity contribution in [3.05, 3.63) is 29.3 Å². The lowest BCUT2D eigenvalue weighted by Crippen LogP contribution is -2.36. The summed E-state index contributed by atoms with van der Waals surface area (Å²) in [5, 5.41) is 14.3. The van der Waals surface area contributed by atoms with E-state index in [2.05, 4.69) is 10.6 Å². The minimum absolute atomic E-state index is 0.0895. The summed E-state index contributed by atoms with van der Waals surface area (Å²) in [5.41, 5.74) is 1.32. The standard InChI is InChI=1S/C14H20N2O4S/c1-9-8-11(4-5-12(9)13(17)18)16-14(19)15-10(2)6-7-21(3)20/h4-5,8,10H,6-7H2,1-3H3,(H,17,18)(H2,15,16,19). The Morgan fingerprint density at radius 2 is 2.05 bits per heavy atom. The number of carboxylic acid groups (broad SMARTS) is 1. The quantitative estimate of drug-likeness (QED) is 0.748. The molecule has 21 heavy (non-hydrogen) atoms. The molecule has 1 aromatic rings. The smallest absolute Gasteiger partial charge is 0.335 e. The normalized spacial score (nSPS) is 13.3. The predicted octanol–water partition coefficient (Wildman–Crippen LogP) is 1.97. The van der Waals surface area contributed by atoms with Gasteiger partial charge in [0.2, 0.25) is 0 Å². The number of nitrogens with one attached hydrogen (secondary N) is 2. The van der Waals surface area contributed by atoms with E-state index in [0.29, 0.717) is 23.4 Å². The molecule has 116 valence electrons. The number of hydrogen-bond donors (Lipinski definition) is 3.